The summed E-state index contributed by atoms with van der Waals surface area (Å²) in [6, 6.07) is 11.5. The third-order valence-corrected chi connectivity index (χ3v) is 6.64. The standard InChI is InChI=1S/C20H22FN3O4S/c1-15(25)18-4-2-3-5-19(18)22-20(26)14-23-10-12-24(13-11-23)29(27,28)17-8-6-16(21)7-9-17/h2-9H,10-14H2,1H3,(H,22,26). The van der Waals surface area contributed by atoms with Gasteiger partial charge in [-0.05, 0) is 43.3 Å². The molecule has 29 heavy (non-hydrogen) atoms. The number of anilines is 1. The quantitative estimate of drug-likeness (QED) is 0.724. The highest BCUT2D eigenvalue weighted by atomic mass is 32.2. The van der Waals surface area contributed by atoms with Crippen molar-refractivity contribution in [1.29, 1.82) is 0 Å². The predicted octanol–water partition coefficient (Wildman–Crippen LogP) is 1.97. The number of Topliss-reactive ketones (excluding diaryl/α,β-unsaturated/α-hetero) is 1. The lowest BCUT2D eigenvalue weighted by Crippen LogP contribution is -2.50. The van der Waals surface area contributed by atoms with Crippen LogP contribution in [0.5, 0.6) is 0 Å². The minimum Gasteiger partial charge on any atom is -0.324 e. The molecule has 1 fully saturated rings. The second-order valence-electron chi connectivity index (χ2n) is 6.78. The van der Waals surface area contributed by atoms with E-state index in [2.05, 4.69) is 5.32 Å². The Labute approximate surface area is 169 Å². The molecule has 0 radical (unpaired) electrons. The number of piperazine rings is 1. The number of ketones is 1. The maximum atomic E-state index is 13.0. The number of sulfonamides is 1. The topological polar surface area (TPSA) is 86.8 Å². The largest absolute Gasteiger partial charge is 0.324 e. The fourth-order valence-corrected chi connectivity index (χ4v) is 4.60. The average molecular weight is 419 g/mol. The van der Waals surface area contributed by atoms with E-state index in [4.69, 9.17) is 0 Å². The summed E-state index contributed by atoms with van der Waals surface area (Å²) in [5.74, 6) is -0.903. The van der Waals surface area contributed by atoms with Crippen LogP contribution in [0.3, 0.4) is 0 Å². The van der Waals surface area contributed by atoms with Gasteiger partial charge in [-0.3, -0.25) is 14.5 Å². The van der Waals surface area contributed by atoms with Crippen LogP contribution < -0.4 is 5.32 Å². The molecular weight excluding hydrogens is 397 g/mol. The number of benzene rings is 2. The summed E-state index contributed by atoms with van der Waals surface area (Å²) in [7, 11) is -3.69. The molecule has 154 valence electrons. The van der Waals surface area contributed by atoms with Crippen molar-refractivity contribution in [2.75, 3.05) is 38.0 Å². The molecule has 0 spiro atoms. The van der Waals surface area contributed by atoms with Gasteiger partial charge in [0.1, 0.15) is 5.82 Å². The third-order valence-electron chi connectivity index (χ3n) is 4.73. The SMILES string of the molecule is CC(=O)c1ccccc1NC(=O)CN1CCN(S(=O)(=O)c2ccc(F)cc2)CC1. The van der Waals surface area contributed by atoms with Crippen molar-refractivity contribution in [2.24, 2.45) is 0 Å². The Bertz CT molecular complexity index is 1000. The van der Waals surface area contributed by atoms with E-state index in [0.29, 0.717) is 24.3 Å². The third kappa shape index (κ3) is 5.06. The van der Waals surface area contributed by atoms with E-state index in [0.717, 1.165) is 12.1 Å². The summed E-state index contributed by atoms with van der Waals surface area (Å²) in [6.45, 7) is 2.78. The molecule has 1 aliphatic heterocycles. The summed E-state index contributed by atoms with van der Waals surface area (Å²) in [4.78, 5) is 25.9. The van der Waals surface area contributed by atoms with Gasteiger partial charge in [0.2, 0.25) is 15.9 Å². The molecule has 2 aromatic carbocycles. The van der Waals surface area contributed by atoms with Crippen molar-refractivity contribution in [3.63, 3.8) is 0 Å². The van der Waals surface area contributed by atoms with E-state index in [9.17, 15) is 22.4 Å². The van der Waals surface area contributed by atoms with Gasteiger partial charge in [-0.25, -0.2) is 12.8 Å². The number of carbonyl (C=O) groups is 2. The normalized spacial score (nSPS) is 15.8. The van der Waals surface area contributed by atoms with E-state index in [-0.39, 0.29) is 36.2 Å². The molecule has 1 saturated heterocycles. The smallest absolute Gasteiger partial charge is 0.243 e. The van der Waals surface area contributed by atoms with E-state index in [1.807, 2.05) is 4.90 Å². The van der Waals surface area contributed by atoms with Crippen LogP contribution in [-0.2, 0) is 14.8 Å². The molecule has 0 saturated carbocycles. The number of amides is 1. The summed E-state index contributed by atoms with van der Waals surface area (Å²) in [6.07, 6.45) is 0. The molecule has 0 bridgehead atoms. The van der Waals surface area contributed by atoms with Gasteiger partial charge in [0.05, 0.1) is 17.1 Å². The van der Waals surface area contributed by atoms with Crippen LogP contribution in [-0.4, -0.2) is 62.0 Å². The molecule has 1 aliphatic rings. The van der Waals surface area contributed by atoms with Gasteiger partial charge in [-0.2, -0.15) is 4.31 Å². The van der Waals surface area contributed by atoms with Crippen LogP contribution in [0, 0.1) is 5.82 Å². The fraction of sp³-hybridized carbons (Fsp3) is 0.300. The Balaban J connectivity index is 1.57. The molecule has 2 aromatic rings. The van der Waals surface area contributed by atoms with Gasteiger partial charge in [-0.15, -0.1) is 0 Å². The fourth-order valence-electron chi connectivity index (χ4n) is 3.18. The molecule has 9 heteroatoms. The van der Waals surface area contributed by atoms with Crippen LogP contribution in [0.15, 0.2) is 53.4 Å². The van der Waals surface area contributed by atoms with E-state index >= 15 is 0 Å². The first-order valence-electron chi connectivity index (χ1n) is 9.15. The summed E-state index contributed by atoms with van der Waals surface area (Å²) in [5.41, 5.74) is 0.901. The van der Waals surface area contributed by atoms with Crippen LogP contribution in [0.25, 0.3) is 0 Å². The van der Waals surface area contributed by atoms with Crippen LogP contribution in [0.2, 0.25) is 0 Å². The molecule has 7 nitrogen and oxygen atoms in total. The van der Waals surface area contributed by atoms with Gasteiger partial charge in [0.15, 0.2) is 5.78 Å². The number of hydrogen-bond donors (Lipinski definition) is 1. The minimum absolute atomic E-state index is 0.0472. The molecule has 1 amide bonds. The number of halogens is 1. The second kappa shape index (κ2) is 8.81. The van der Waals surface area contributed by atoms with Crippen molar-refractivity contribution in [1.82, 2.24) is 9.21 Å². The Kier molecular flexibility index (Phi) is 6.41. The molecule has 3 rings (SSSR count). The number of nitrogens with one attached hydrogen (secondary N) is 1. The molecule has 1 N–H and O–H groups in total. The van der Waals surface area contributed by atoms with Crippen molar-refractivity contribution < 1.29 is 22.4 Å². The van der Waals surface area contributed by atoms with Crippen molar-refractivity contribution in [3.05, 3.63) is 59.9 Å². The van der Waals surface area contributed by atoms with Gasteiger partial charge >= 0.3 is 0 Å². The van der Waals surface area contributed by atoms with Gasteiger partial charge in [-0.1, -0.05) is 12.1 Å². The molecule has 0 aliphatic carbocycles. The predicted molar refractivity (Wildman–Crippen MR) is 107 cm³/mol. The first-order chi connectivity index (χ1) is 13.8. The molecular formula is C20H22FN3O4S. The highest BCUT2D eigenvalue weighted by molar-refractivity contribution is 7.89. The van der Waals surface area contributed by atoms with E-state index < -0.39 is 15.8 Å². The Morgan fingerprint density at radius 2 is 1.62 bits per heavy atom. The van der Waals surface area contributed by atoms with Crippen molar-refractivity contribution in [2.45, 2.75) is 11.8 Å². The zero-order valence-electron chi connectivity index (χ0n) is 16.0. The summed E-state index contributed by atoms with van der Waals surface area (Å²) < 4.78 is 39.7. The molecule has 1 heterocycles. The average Bonchev–Trinajstić information content (AvgIpc) is 2.69. The van der Waals surface area contributed by atoms with Gasteiger partial charge in [0.25, 0.3) is 0 Å². The zero-order chi connectivity index (χ0) is 21.0. The molecule has 0 unspecified atom stereocenters. The lowest BCUT2D eigenvalue weighted by Gasteiger charge is -2.33. The first-order valence-corrected chi connectivity index (χ1v) is 10.6. The number of para-hydroxylation sites is 1. The van der Waals surface area contributed by atoms with Crippen LogP contribution >= 0.6 is 0 Å². The number of rotatable bonds is 6. The monoisotopic (exact) mass is 419 g/mol. The maximum absolute atomic E-state index is 13.0. The van der Waals surface area contributed by atoms with Gasteiger partial charge < -0.3 is 5.32 Å². The summed E-state index contributed by atoms with van der Waals surface area (Å²) >= 11 is 0. The Hall–Kier alpha value is -2.62. The van der Waals surface area contributed by atoms with Crippen molar-refractivity contribution >= 4 is 27.4 Å². The van der Waals surface area contributed by atoms with Crippen LogP contribution in [0.1, 0.15) is 17.3 Å². The summed E-state index contributed by atoms with van der Waals surface area (Å²) in [5, 5.41) is 2.74. The van der Waals surface area contributed by atoms with Crippen molar-refractivity contribution in [3.8, 4) is 0 Å². The lowest BCUT2D eigenvalue weighted by atomic mass is 10.1. The number of carbonyl (C=O) groups excluding carboxylic acids is 2. The van der Waals surface area contributed by atoms with E-state index in [1.165, 1.54) is 23.4 Å². The van der Waals surface area contributed by atoms with E-state index in [1.54, 1.807) is 24.3 Å². The first kappa shape index (κ1) is 21.1. The second-order valence-corrected chi connectivity index (χ2v) is 8.72. The minimum atomic E-state index is -3.69. The number of nitrogens with zero attached hydrogens (tertiary/aromatic N) is 2. The Morgan fingerprint density at radius 1 is 1.00 bits per heavy atom. The highest BCUT2D eigenvalue weighted by Crippen LogP contribution is 2.19. The highest BCUT2D eigenvalue weighted by Gasteiger charge is 2.29. The maximum Gasteiger partial charge on any atom is 0.243 e. The lowest BCUT2D eigenvalue weighted by molar-refractivity contribution is -0.117. The number of hydrogen-bond acceptors (Lipinski definition) is 5. The van der Waals surface area contributed by atoms with Crippen LogP contribution in [0.4, 0.5) is 10.1 Å². The Morgan fingerprint density at radius 3 is 2.24 bits per heavy atom. The van der Waals surface area contributed by atoms with Gasteiger partial charge in [0, 0.05) is 31.7 Å². The molecule has 0 aromatic heterocycles. The zero-order valence-corrected chi connectivity index (χ0v) is 16.8. The molecule has 0 atom stereocenters.